The molecule has 0 aliphatic heterocycles. The second kappa shape index (κ2) is 5.39. The molecule has 0 radical (unpaired) electrons. The van der Waals surface area contributed by atoms with E-state index in [9.17, 15) is 9.18 Å². The molecule has 1 heterocycles. The number of ketones is 1. The molecular formula is C14H18FNO. The van der Waals surface area contributed by atoms with Crippen LogP contribution in [0.15, 0.2) is 18.3 Å². The van der Waals surface area contributed by atoms with Crippen molar-refractivity contribution >= 4 is 5.78 Å². The van der Waals surface area contributed by atoms with Crippen molar-refractivity contribution in [2.24, 2.45) is 11.8 Å². The Balaban J connectivity index is 1.99. The highest BCUT2D eigenvalue weighted by Gasteiger charge is 2.26. The van der Waals surface area contributed by atoms with Crippen LogP contribution >= 0.6 is 0 Å². The molecule has 1 aliphatic carbocycles. The van der Waals surface area contributed by atoms with Gasteiger partial charge in [0.15, 0.2) is 5.78 Å². The quantitative estimate of drug-likeness (QED) is 0.749. The van der Waals surface area contributed by atoms with Crippen LogP contribution in [0.25, 0.3) is 0 Å². The van der Waals surface area contributed by atoms with Crippen molar-refractivity contribution in [3.63, 3.8) is 0 Å². The van der Waals surface area contributed by atoms with Gasteiger partial charge in [0.25, 0.3) is 0 Å². The number of aromatic nitrogens is 1. The second-order valence-corrected chi connectivity index (χ2v) is 4.85. The highest BCUT2D eigenvalue weighted by Crippen LogP contribution is 2.32. The number of carbonyl (C=O) groups excluding carboxylic acids is 1. The highest BCUT2D eigenvalue weighted by atomic mass is 19.1. The van der Waals surface area contributed by atoms with Gasteiger partial charge >= 0.3 is 0 Å². The Morgan fingerprint density at radius 1 is 1.35 bits per heavy atom. The van der Waals surface area contributed by atoms with E-state index in [-0.39, 0.29) is 11.7 Å². The average Bonchev–Trinajstić information content (AvgIpc) is 2.39. The average molecular weight is 235 g/mol. The van der Waals surface area contributed by atoms with Crippen molar-refractivity contribution in [3.05, 3.63) is 29.8 Å². The summed E-state index contributed by atoms with van der Waals surface area (Å²) in [5, 5.41) is 0. The molecule has 1 aromatic heterocycles. The standard InChI is InChI=1S/C14H18FNO/c1-2-10-3-5-11(6-4-10)14(17)13-8-7-12(15)9-16-13/h7-11H,2-6H2,1H3. The van der Waals surface area contributed by atoms with Gasteiger partial charge in [-0.25, -0.2) is 4.39 Å². The molecule has 0 saturated heterocycles. The fraction of sp³-hybridized carbons (Fsp3) is 0.571. The number of halogens is 1. The van der Waals surface area contributed by atoms with Crippen molar-refractivity contribution < 1.29 is 9.18 Å². The van der Waals surface area contributed by atoms with Gasteiger partial charge < -0.3 is 0 Å². The molecule has 1 aliphatic rings. The third-order valence-electron chi connectivity index (χ3n) is 3.77. The second-order valence-electron chi connectivity index (χ2n) is 4.85. The first-order chi connectivity index (χ1) is 8.20. The van der Waals surface area contributed by atoms with Gasteiger partial charge in [0.2, 0.25) is 0 Å². The predicted molar refractivity (Wildman–Crippen MR) is 64.3 cm³/mol. The Morgan fingerprint density at radius 3 is 2.59 bits per heavy atom. The molecule has 0 spiro atoms. The fourth-order valence-electron chi connectivity index (χ4n) is 2.56. The maximum atomic E-state index is 12.7. The van der Waals surface area contributed by atoms with Crippen LogP contribution in [-0.2, 0) is 0 Å². The monoisotopic (exact) mass is 235 g/mol. The third-order valence-corrected chi connectivity index (χ3v) is 3.77. The van der Waals surface area contributed by atoms with E-state index in [0.717, 1.165) is 37.8 Å². The highest BCUT2D eigenvalue weighted by molar-refractivity contribution is 5.96. The first kappa shape index (κ1) is 12.2. The van der Waals surface area contributed by atoms with Crippen molar-refractivity contribution in [1.29, 1.82) is 0 Å². The zero-order valence-electron chi connectivity index (χ0n) is 10.2. The van der Waals surface area contributed by atoms with Crippen LogP contribution in [0.4, 0.5) is 4.39 Å². The summed E-state index contributed by atoms with van der Waals surface area (Å²) < 4.78 is 12.7. The number of rotatable bonds is 3. The number of carbonyl (C=O) groups is 1. The van der Waals surface area contributed by atoms with Crippen LogP contribution < -0.4 is 0 Å². The molecule has 2 nitrogen and oxygen atoms in total. The van der Waals surface area contributed by atoms with Crippen LogP contribution in [0.2, 0.25) is 0 Å². The molecular weight excluding hydrogens is 217 g/mol. The molecule has 0 aromatic carbocycles. The van der Waals surface area contributed by atoms with Gasteiger partial charge in [0.1, 0.15) is 11.5 Å². The zero-order chi connectivity index (χ0) is 12.3. The summed E-state index contributed by atoms with van der Waals surface area (Å²) in [4.78, 5) is 16.0. The smallest absolute Gasteiger partial charge is 0.184 e. The molecule has 0 amide bonds. The van der Waals surface area contributed by atoms with Crippen LogP contribution in [0.3, 0.4) is 0 Å². The lowest BCUT2D eigenvalue weighted by Gasteiger charge is -2.26. The largest absolute Gasteiger partial charge is 0.292 e. The van der Waals surface area contributed by atoms with Gasteiger partial charge in [-0.3, -0.25) is 9.78 Å². The zero-order valence-corrected chi connectivity index (χ0v) is 10.2. The molecule has 92 valence electrons. The molecule has 0 unspecified atom stereocenters. The molecule has 0 atom stereocenters. The lowest BCUT2D eigenvalue weighted by Crippen LogP contribution is -2.22. The Kier molecular flexibility index (Phi) is 3.87. The summed E-state index contributed by atoms with van der Waals surface area (Å²) in [6.07, 6.45) is 6.50. The van der Waals surface area contributed by atoms with Crippen LogP contribution in [0, 0.1) is 17.7 Å². The molecule has 0 N–H and O–H groups in total. The number of Topliss-reactive ketones (excluding diaryl/α,β-unsaturated/α-hetero) is 1. The minimum absolute atomic E-state index is 0.0829. The summed E-state index contributed by atoms with van der Waals surface area (Å²) in [7, 11) is 0. The molecule has 1 saturated carbocycles. The van der Waals surface area contributed by atoms with Gasteiger partial charge in [-0.1, -0.05) is 13.3 Å². The molecule has 0 bridgehead atoms. The fourth-order valence-corrected chi connectivity index (χ4v) is 2.56. The van der Waals surface area contributed by atoms with E-state index < -0.39 is 5.82 Å². The Morgan fingerprint density at radius 2 is 2.06 bits per heavy atom. The Bertz CT molecular complexity index is 380. The van der Waals surface area contributed by atoms with Crippen molar-refractivity contribution in [2.45, 2.75) is 39.0 Å². The Hall–Kier alpha value is -1.25. The summed E-state index contributed by atoms with van der Waals surface area (Å²) in [5.74, 6) is 0.562. The summed E-state index contributed by atoms with van der Waals surface area (Å²) in [6.45, 7) is 2.20. The van der Waals surface area contributed by atoms with Gasteiger partial charge in [-0.05, 0) is 43.7 Å². The summed E-state index contributed by atoms with van der Waals surface area (Å²) in [6, 6.07) is 2.79. The van der Waals surface area contributed by atoms with E-state index in [1.807, 2.05) is 0 Å². The van der Waals surface area contributed by atoms with E-state index in [2.05, 4.69) is 11.9 Å². The summed E-state index contributed by atoms with van der Waals surface area (Å²) >= 11 is 0. The first-order valence-corrected chi connectivity index (χ1v) is 6.36. The molecule has 1 fully saturated rings. The minimum Gasteiger partial charge on any atom is -0.292 e. The van der Waals surface area contributed by atoms with Crippen LogP contribution in [0.5, 0.6) is 0 Å². The van der Waals surface area contributed by atoms with Gasteiger partial charge in [0, 0.05) is 5.92 Å². The van der Waals surface area contributed by atoms with E-state index in [1.165, 1.54) is 18.6 Å². The maximum absolute atomic E-state index is 12.7. The van der Waals surface area contributed by atoms with Crippen LogP contribution in [-0.4, -0.2) is 10.8 Å². The summed E-state index contributed by atoms with van der Waals surface area (Å²) in [5.41, 5.74) is 0.409. The SMILES string of the molecule is CCC1CCC(C(=O)c2ccc(F)cn2)CC1. The molecule has 2 rings (SSSR count). The third kappa shape index (κ3) is 2.90. The van der Waals surface area contributed by atoms with Gasteiger partial charge in [-0.15, -0.1) is 0 Å². The normalized spacial score (nSPS) is 24.6. The lowest BCUT2D eigenvalue weighted by molar-refractivity contribution is 0.0865. The molecule has 3 heteroatoms. The van der Waals surface area contributed by atoms with Crippen LogP contribution in [0.1, 0.15) is 49.5 Å². The number of hydrogen-bond acceptors (Lipinski definition) is 2. The molecule has 17 heavy (non-hydrogen) atoms. The van der Waals surface area contributed by atoms with E-state index in [1.54, 1.807) is 0 Å². The van der Waals surface area contributed by atoms with E-state index >= 15 is 0 Å². The van der Waals surface area contributed by atoms with Crippen molar-refractivity contribution in [3.8, 4) is 0 Å². The predicted octanol–water partition coefficient (Wildman–Crippen LogP) is 3.62. The van der Waals surface area contributed by atoms with Crippen molar-refractivity contribution in [2.75, 3.05) is 0 Å². The van der Waals surface area contributed by atoms with E-state index in [4.69, 9.17) is 0 Å². The van der Waals surface area contributed by atoms with Gasteiger partial charge in [0.05, 0.1) is 6.20 Å². The Labute approximate surface area is 101 Å². The minimum atomic E-state index is -0.392. The topological polar surface area (TPSA) is 30.0 Å². The number of pyridine rings is 1. The number of nitrogens with zero attached hydrogens (tertiary/aromatic N) is 1. The first-order valence-electron chi connectivity index (χ1n) is 6.36. The van der Waals surface area contributed by atoms with Gasteiger partial charge in [-0.2, -0.15) is 0 Å². The van der Waals surface area contributed by atoms with Crippen molar-refractivity contribution in [1.82, 2.24) is 4.98 Å². The lowest BCUT2D eigenvalue weighted by atomic mass is 9.78. The number of hydrogen-bond donors (Lipinski definition) is 0. The van der Waals surface area contributed by atoms with E-state index in [0.29, 0.717) is 5.69 Å². The maximum Gasteiger partial charge on any atom is 0.184 e. The molecule has 1 aromatic rings.